The van der Waals surface area contributed by atoms with Crippen molar-refractivity contribution >= 4 is 12.0 Å². The largest absolute Gasteiger partial charge is 0.444 e. The lowest BCUT2D eigenvalue weighted by Crippen LogP contribution is -2.42. The Morgan fingerprint density at radius 3 is 2.52 bits per heavy atom. The Morgan fingerprint density at radius 2 is 1.88 bits per heavy atom. The Labute approximate surface area is 148 Å². The van der Waals surface area contributed by atoms with Crippen LogP contribution in [-0.4, -0.2) is 47.3 Å². The fourth-order valence-corrected chi connectivity index (χ4v) is 3.14. The minimum atomic E-state index is -0.470. The molecule has 6 nitrogen and oxygen atoms in total. The molecule has 0 unspecified atom stereocenters. The monoisotopic (exact) mass is 346 g/mol. The lowest BCUT2D eigenvalue weighted by atomic mass is 9.98. The summed E-state index contributed by atoms with van der Waals surface area (Å²) in [6.45, 7) is 7.95. The van der Waals surface area contributed by atoms with E-state index in [-0.39, 0.29) is 12.0 Å². The van der Waals surface area contributed by atoms with Crippen molar-refractivity contribution in [3.8, 4) is 0 Å². The topological polar surface area (TPSA) is 59.1 Å². The molecular formula is C19H26N2O4. The second kappa shape index (κ2) is 7.04. The molecule has 6 heteroatoms. The van der Waals surface area contributed by atoms with Gasteiger partial charge in [-0.15, -0.1) is 0 Å². The van der Waals surface area contributed by atoms with Crippen LogP contribution in [0, 0.1) is 5.92 Å². The van der Waals surface area contributed by atoms with E-state index in [2.05, 4.69) is 0 Å². The van der Waals surface area contributed by atoms with E-state index in [4.69, 9.17) is 9.57 Å². The normalized spacial score (nSPS) is 18.4. The average molecular weight is 346 g/mol. The molecule has 2 aliphatic heterocycles. The van der Waals surface area contributed by atoms with Gasteiger partial charge in [0, 0.05) is 18.7 Å². The molecule has 1 aromatic rings. The zero-order valence-corrected chi connectivity index (χ0v) is 15.2. The molecule has 2 heterocycles. The molecular weight excluding hydrogens is 320 g/mol. The molecule has 0 atom stereocenters. The van der Waals surface area contributed by atoms with Gasteiger partial charge in [0.1, 0.15) is 5.60 Å². The molecule has 1 saturated heterocycles. The maximum absolute atomic E-state index is 12.3. The van der Waals surface area contributed by atoms with Gasteiger partial charge in [-0.1, -0.05) is 18.2 Å². The highest BCUT2D eigenvalue weighted by molar-refractivity contribution is 5.97. The summed E-state index contributed by atoms with van der Waals surface area (Å²) in [5, 5.41) is 1.45. The summed E-state index contributed by atoms with van der Waals surface area (Å²) in [5.74, 6) is 0.275. The van der Waals surface area contributed by atoms with Crippen LogP contribution in [0.3, 0.4) is 0 Å². The SMILES string of the molecule is CC(C)(C)OC(=O)N1CCC(CON2Cc3ccccc3C2=O)CC1. The number of hydroxylamine groups is 2. The van der Waals surface area contributed by atoms with E-state index in [0.29, 0.717) is 32.2 Å². The van der Waals surface area contributed by atoms with Crippen molar-refractivity contribution in [1.29, 1.82) is 0 Å². The number of ether oxygens (including phenoxy) is 1. The van der Waals surface area contributed by atoms with Gasteiger partial charge in [-0.25, -0.2) is 9.86 Å². The highest BCUT2D eigenvalue weighted by atomic mass is 16.7. The summed E-state index contributed by atoms with van der Waals surface area (Å²) in [7, 11) is 0. The summed E-state index contributed by atoms with van der Waals surface area (Å²) < 4.78 is 5.41. The van der Waals surface area contributed by atoms with Crippen LogP contribution in [0.2, 0.25) is 0 Å². The van der Waals surface area contributed by atoms with E-state index in [1.54, 1.807) is 4.90 Å². The fraction of sp³-hybridized carbons (Fsp3) is 0.579. The van der Waals surface area contributed by atoms with Crippen LogP contribution in [-0.2, 0) is 16.1 Å². The molecule has 1 aromatic carbocycles. The summed E-state index contributed by atoms with van der Waals surface area (Å²) >= 11 is 0. The Kier molecular flexibility index (Phi) is 4.99. The number of hydrogen-bond acceptors (Lipinski definition) is 4. The van der Waals surface area contributed by atoms with Gasteiger partial charge in [-0.3, -0.25) is 9.63 Å². The molecule has 2 aliphatic rings. The third kappa shape index (κ3) is 4.31. The summed E-state index contributed by atoms with van der Waals surface area (Å²) in [6, 6.07) is 7.59. The quantitative estimate of drug-likeness (QED) is 0.843. The van der Waals surface area contributed by atoms with Crippen LogP contribution < -0.4 is 0 Å². The average Bonchev–Trinajstić information content (AvgIpc) is 2.88. The van der Waals surface area contributed by atoms with Crippen LogP contribution in [0.4, 0.5) is 4.79 Å². The number of fused-ring (bicyclic) bond motifs is 1. The molecule has 25 heavy (non-hydrogen) atoms. The first-order valence-electron chi connectivity index (χ1n) is 8.84. The number of rotatable bonds is 3. The molecule has 0 spiro atoms. The number of carbonyl (C=O) groups is 2. The van der Waals surface area contributed by atoms with E-state index < -0.39 is 5.60 Å². The van der Waals surface area contributed by atoms with Crippen LogP contribution in [0.15, 0.2) is 24.3 Å². The summed E-state index contributed by atoms with van der Waals surface area (Å²) in [5.41, 5.74) is 1.26. The molecule has 0 aromatic heterocycles. The Hall–Kier alpha value is -2.08. The van der Waals surface area contributed by atoms with Crippen molar-refractivity contribution in [2.75, 3.05) is 19.7 Å². The lowest BCUT2D eigenvalue weighted by Gasteiger charge is -2.33. The van der Waals surface area contributed by atoms with E-state index in [1.165, 1.54) is 5.06 Å². The maximum atomic E-state index is 12.3. The van der Waals surface area contributed by atoms with Crippen LogP contribution in [0.1, 0.15) is 49.5 Å². The molecule has 0 bridgehead atoms. The molecule has 136 valence electrons. The number of hydrogen-bond donors (Lipinski definition) is 0. The first kappa shape index (κ1) is 17.7. The molecule has 0 N–H and O–H groups in total. The summed E-state index contributed by atoms with van der Waals surface area (Å²) in [4.78, 5) is 31.9. The zero-order chi connectivity index (χ0) is 18.0. The lowest BCUT2D eigenvalue weighted by molar-refractivity contribution is -0.139. The van der Waals surface area contributed by atoms with Gasteiger partial charge in [-0.05, 0) is 51.2 Å². The molecule has 3 rings (SSSR count). The number of benzene rings is 1. The van der Waals surface area contributed by atoms with Gasteiger partial charge in [0.25, 0.3) is 5.91 Å². The van der Waals surface area contributed by atoms with Crippen molar-refractivity contribution in [3.05, 3.63) is 35.4 Å². The third-order valence-corrected chi connectivity index (χ3v) is 4.52. The number of carbonyl (C=O) groups excluding carboxylic acids is 2. The van der Waals surface area contributed by atoms with E-state index in [9.17, 15) is 9.59 Å². The second-order valence-corrected chi connectivity index (χ2v) is 7.71. The molecule has 1 fully saturated rings. The van der Waals surface area contributed by atoms with Crippen molar-refractivity contribution in [3.63, 3.8) is 0 Å². The third-order valence-electron chi connectivity index (χ3n) is 4.52. The van der Waals surface area contributed by atoms with E-state index in [1.807, 2.05) is 45.0 Å². The maximum Gasteiger partial charge on any atom is 0.410 e. The van der Waals surface area contributed by atoms with Crippen molar-refractivity contribution in [1.82, 2.24) is 9.96 Å². The van der Waals surface area contributed by atoms with Gasteiger partial charge < -0.3 is 9.64 Å². The number of piperidine rings is 1. The first-order chi connectivity index (χ1) is 11.8. The zero-order valence-electron chi connectivity index (χ0n) is 15.2. The number of likely N-dealkylation sites (tertiary alicyclic amines) is 1. The second-order valence-electron chi connectivity index (χ2n) is 7.71. The predicted molar refractivity (Wildman–Crippen MR) is 92.8 cm³/mol. The van der Waals surface area contributed by atoms with Crippen LogP contribution in [0.25, 0.3) is 0 Å². The van der Waals surface area contributed by atoms with E-state index in [0.717, 1.165) is 24.0 Å². The Balaban J connectivity index is 1.43. The van der Waals surface area contributed by atoms with Crippen molar-refractivity contribution in [2.24, 2.45) is 5.92 Å². The Bertz CT molecular complexity index is 645. The minimum absolute atomic E-state index is 0.0678. The first-order valence-corrected chi connectivity index (χ1v) is 8.84. The molecule has 0 aliphatic carbocycles. The summed E-state index contributed by atoms with van der Waals surface area (Å²) in [6.07, 6.45) is 1.46. The standard InChI is InChI=1S/C19H26N2O4/c1-19(2,3)25-18(23)20-10-8-14(9-11-20)13-24-21-12-15-6-4-5-7-16(15)17(21)22/h4-7,14H,8-13H2,1-3H3. The molecule has 0 saturated carbocycles. The molecule has 0 radical (unpaired) electrons. The van der Waals surface area contributed by atoms with Gasteiger partial charge in [0.15, 0.2) is 0 Å². The number of nitrogens with zero attached hydrogens (tertiary/aromatic N) is 2. The van der Waals surface area contributed by atoms with Crippen LogP contribution >= 0.6 is 0 Å². The number of amides is 2. The predicted octanol–water partition coefficient (Wildman–Crippen LogP) is 3.22. The Morgan fingerprint density at radius 1 is 1.20 bits per heavy atom. The van der Waals surface area contributed by atoms with Gasteiger partial charge in [0.05, 0.1) is 13.2 Å². The fourth-order valence-electron chi connectivity index (χ4n) is 3.14. The van der Waals surface area contributed by atoms with E-state index >= 15 is 0 Å². The van der Waals surface area contributed by atoms with Crippen LogP contribution in [0.5, 0.6) is 0 Å². The van der Waals surface area contributed by atoms with Gasteiger partial charge in [-0.2, -0.15) is 0 Å². The highest BCUT2D eigenvalue weighted by Crippen LogP contribution is 2.25. The van der Waals surface area contributed by atoms with Crippen molar-refractivity contribution in [2.45, 2.75) is 45.8 Å². The highest BCUT2D eigenvalue weighted by Gasteiger charge is 2.30. The smallest absolute Gasteiger partial charge is 0.410 e. The minimum Gasteiger partial charge on any atom is -0.444 e. The van der Waals surface area contributed by atoms with Gasteiger partial charge >= 0.3 is 6.09 Å². The van der Waals surface area contributed by atoms with Gasteiger partial charge in [0.2, 0.25) is 0 Å². The van der Waals surface area contributed by atoms with Crippen molar-refractivity contribution < 1.29 is 19.2 Å². The molecule has 2 amide bonds.